The molecule has 0 aliphatic heterocycles. The zero-order valence-corrected chi connectivity index (χ0v) is 9.76. The van der Waals surface area contributed by atoms with E-state index in [2.05, 4.69) is 5.10 Å². The highest BCUT2D eigenvalue weighted by Gasteiger charge is 2.09. The summed E-state index contributed by atoms with van der Waals surface area (Å²) >= 11 is 5.99. The SMILES string of the molecule is O=C(O)Cc1cc(Cl)n(Cc2ccccc2)n1. The summed E-state index contributed by atoms with van der Waals surface area (Å²) in [4.78, 5) is 10.6. The Morgan fingerprint density at radius 1 is 1.35 bits per heavy atom. The Labute approximate surface area is 103 Å². The van der Waals surface area contributed by atoms with Crippen LogP contribution in [-0.4, -0.2) is 20.9 Å². The second kappa shape index (κ2) is 5.01. The molecular formula is C12H11ClN2O2. The molecule has 0 radical (unpaired) electrons. The first-order chi connectivity index (χ1) is 8.15. The van der Waals surface area contributed by atoms with Crippen LogP contribution >= 0.6 is 11.6 Å². The van der Waals surface area contributed by atoms with E-state index in [-0.39, 0.29) is 6.42 Å². The molecule has 1 aromatic heterocycles. The highest BCUT2D eigenvalue weighted by Crippen LogP contribution is 2.13. The highest BCUT2D eigenvalue weighted by molar-refractivity contribution is 6.29. The van der Waals surface area contributed by atoms with Crippen molar-refractivity contribution in [1.29, 1.82) is 0 Å². The molecular weight excluding hydrogens is 240 g/mol. The first kappa shape index (κ1) is 11.7. The minimum Gasteiger partial charge on any atom is -0.481 e. The van der Waals surface area contributed by atoms with Crippen molar-refractivity contribution in [3.8, 4) is 0 Å². The molecule has 1 N–H and O–H groups in total. The molecule has 1 aromatic carbocycles. The lowest BCUT2D eigenvalue weighted by molar-refractivity contribution is -0.136. The summed E-state index contributed by atoms with van der Waals surface area (Å²) in [6.07, 6.45) is -0.110. The molecule has 0 bridgehead atoms. The Bertz CT molecular complexity index is 523. The van der Waals surface area contributed by atoms with Gasteiger partial charge in [-0.25, -0.2) is 4.68 Å². The molecule has 17 heavy (non-hydrogen) atoms. The molecule has 0 saturated carbocycles. The van der Waals surface area contributed by atoms with Gasteiger partial charge in [-0.2, -0.15) is 5.10 Å². The summed E-state index contributed by atoms with van der Waals surface area (Å²) in [5, 5.41) is 13.3. The van der Waals surface area contributed by atoms with E-state index in [1.807, 2.05) is 30.3 Å². The van der Waals surface area contributed by atoms with Crippen molar-refractivity contribution in [2.45, 2.75) is 13.0 Å². The van der Waals surface area contributed by atoms with Crippen molar-refractivity contribution < 1.29 is 9.90 Å². The second-order valence-corrected chi connectivity index (χ2v) is 4.06. The number of aliphatic carboxylic acids is 1. The van der Waals surface area contributed by atoms with Gasteiger partial charge in [0.2, 0.25) is 0 Å². The minimum absolute atomic E-state index is 0.110. The molecule has 0 fully saturated rings. The number of hydrogen-bond donors (Lipinski definition) is 1. The van der Waals surface area contributed by atoms with E-state index < -0.39 is 5.97 Å². The molecule has 4 nitrogen and oxygen atoms in total. The van der Waals surface area contributed by atoms with Crippen LogP contribution in [0, 0.1) is 0 Å². The molecule has 0 spiro atoms. The predicted octanol–water partition coefficient (Wildman–Crippen LogP) is 2.21. The van der Waals surface area contributed by atoms with E-state index in [1.54, 1.807) is 10.7 Å². The lowest BCUT2D eigenvalue weighted by Crippen LogP contribution is -2.05. The lowest BCUT2D eigenvalue weighted by Gasteiger charge is -2.02. The summed E-state index contributed by atoms with van der Waals surface area (Å²) in [6.45, 7) is 0.541. The van der Waals surface area contributed by atoms with Gasteiger partial charge in [0.1, 0.15) is 5.15 Å². The van der Waals surface area contributed by atoms with Crippen molar-refractivity contribution in [2.75, 3.05) is 0 Å². The Balaban J connectivity index is 2.16. The van der Waals surface area contributed by atoms with Gasteiger partial charge in [-0.3, -0.25) is 4.79 Å². The molecule has 2 rings (SSSR count). The Kier molecular flexibility index (Phi) is 3.44. The zero-order valence-electron chi connectivity index (χ0n) is 9.01. The van der Waals surface area contributed by atoms with Crippen LogP contribution in [0.1, 0.15) is 11.3 Å². The van der Waals surface area contributed by atoms with E-state index in [0.29, 0.717) is 17.4 Å². The fourth-order valence-electron chi connectivity index (χ4n) is 1.55. The number of carbonyl (C=O) groups is 1. The van der Waals surface area contributed by atoms with Gasteiger partial charge in [0, 0.05) is 0 Å². The molecule has 88 valence electrons. The van der Waals surface area contributed by atoms with Gasteiger partial charge >= 0.3 is 5.97 Å². The topological polar surface area (TPSA) is 55.1 Å². The average molecular weight is 251 g/mol. The Morgan fingerprint density at radius 3 is 2.71 bits per heavy atom. The fourth-order valence-corrected chi connectivity index (χ4v) is 1.78. The number of halogens is 1. The second-order valence-electron chi connectivity index (χ2n) is 3.67. The lowest BCUT2D eigenvalue weighted by atomic mass is 10.2. The number of benzene rings is 1. The van der Waals surface area contributed by atoms with Gasteiger partial charge in [-0.15, -0.1) is 0 Å². The van der Waals surface area contributed by atoms with Crippen LogP contribution in [0.4, 0.5) is 0 Å². The van der Waals surface area contributed by atoms with Gasteiger partial charge in [-0.1, -0.05) is 41.9 Å². The number of carboxylic acids is 1. The predicted molar refractivity (Wildman–Crippen MR) is 64.1 cm³/mol. The van der Waals surface area contributed by atoms with Gasteiger partial charge in [-0.05, 0) is 11.6 Å². The van der Waals surface area contributed by atoms with Crippen molar-refractivity contribution >= 4 is 17.6 Å². The minimum atomic E-state index is -0.911. The standard InChI is InChI=1S/C12H11ClN2O2/c13-11-6-10(7-12(16)17)14-15(11)8-9-4-2-1-3-5-9/h1-6H,7-8H2,(H,16,17). The number of aromatic nitrogens is 2. The van der Waals surface area contributed by atoms with Gasteiger partial charge in [0.05, 0.1) is 18.7 Å². The summed E-state index contributed by atoms with van der Waals surface area (Å²) in [5.74, 6) is -0.911. The number of hydrogen-bond acceptors (Lipinski definition) is 2. The highest BCUT2D eigenvalue weighted by atomic mass is 35.5. The number of nitrogens with zero attached hydrogens (tertiary/aromatic N) is 2. The molecule has 0 saturated heterocycles. The monoisotopic (exact) mass is 250 g/mol. The molecule has 0 aliphatic rings. The van der Waals surface area contributed by atoms with Crippen molar-refractivity contribution in [2.24, 2.45) is 0 Å². The van der Waals surface area contributed by atoms with E-state index in [0.717, 1.165) is 5.56 Å². The molecule has 0 aliphatic carbocycles. The Morgan fingerprint density at radius 2 is 2.06 bits per heavy atom. The molecule has 0 amide bonds. The molecule has 5 heteroatoms. The maximum Gasteiger partial charge on any atom is 0.309 e. The third kappa shape index (κ3) is 3.07. The van der Waals surface area contributed by atoms with Crippen LogP contribution in [0.15, 0.2) is 36.4 Å². The summed E-state index contributed by atoms with van der Waals surface area (Å²) < 4.78 is 1.59. The molecule has 0 unspecified atom stereocenters. The van der Waals surface area contributed by atoms with Crippen LogP contribution in [0.3, 0.4) is 0 Å². The number of carboxylic acid groups (broad SMARTS) is 1. The maximum atomic E-state index is 10.6. The third-order valence-corrected chi connectivity index (χ3v) is 2.59. The average Bonchev–Trinajstić information content (AvgIpc) is 2.59. The van der Waals surface area contributed by atoms with Crippen molar-refractivity contribution in [3.63, 3.8) is 0 Å². The third-order valence-electron chi connectivity index (χ3n) is 2.29. The van der Waals surface area contributed by atoms with Crippen LogP contribution in [0.5, 0.6) is 0 Å². The van der Waals surface area contributed by atoms with Crippen molar-refractivity contribution in [1.82, 2.24) is 9.78 Å². The largest absolute Gasteiger partial charge is 0.481 e. The number of rotatable bonds is 4. The van der Waals surface area contributed by atoms with E-state index in [9.17, 15) is 4.79 Å². The van der Waals surface area contributed by atoms with E-state index >= 15 is 0 Å². The summed E-state index contributed by atoms with van der Waals surface area (Å²) in [7, 11) is 0. The molecule has 1 heterocycles. The van der Waals surface area contributed by atoms with Gasteiger partial charge in [0.15, 0.2) is 0 Å². The Hall–Kier alpha value is -1.81. The van der Waals surface area contributed by atoms with E-state index in [4.69, 9.17) is 16.7 Å². The van der Waals surface area contributed by atoms with Crippen LogP contribution in [0.25, 0.3) is 0 Å². The smallest absolute Gasteiger partial charge is 0.309 e. The van der Waals surface area contributed by atoms with Crippen molar-refractivity contribution in [3.05, 3.63) is 52.8 Å². The maximum absolute atomic E-state index is 10.6. The summed E-state index contributed by atoms with van der Waals surface area (Å²) in [6, 6.07) is 11.3. The normalized spacial score (nSPS) is 10.4. The fraction of sp³-hybridized carbons (Fsp3) is 0.167. The van der Waals surface area contributed by atoms with Gasteiger partial charge < -0.3 is 5.11 Å². The zero-order chi connectivity index (χ0) is 12.3. The first-order valence-corrected chi connectivity index (χ1v) is 5.51. The van der Waals surface area contributed by atoms with Gasteiger partial charge in [0.25, 0.3) is 0 Å². The quantitative estimate of drug-likeness (QED) is 0.905. The van der Waals surface area contributed by atoms with Crippen LogP contribution in [-0.2, 0) is 17.8 Å². The summed E-state index contributed by atoms with van der Waals surface area (Å²) in [5.41, 5.74) is 1.54. The van der Waals surface area contributed by atoms with Crippen LogP contribution in [0.2, 0.25) is 5.15 Å². The first-order valence-electron chi connectivity index (χ1n) is 5.13. The molecule has 0 atom stereocenters. The van der Waals surface area contributed by atoms with E-state index in [1.165, 1.54) is 0 Å². The van der Waals surface area contributed by atoms with Crippen LogP contribution < -0.4 is 0 Å². The molecule has 2 aromatic rings.